The Morgan fingerprint density at radius 2 is 1.67 bits per heavy atom. The Hall–Kier alpha value is -4.72. The number of benzene rings is 3. The Bertz CT molecular complexity index is 2640. The summed E-state index contributed by atoms with van der Waals surface area (Å²) in [5, 5.41) is 35.6. The normalized spacial score (nSPS) is 31.3. The number of nitriles is 1. The molecule has 2 aliphatic carbocycles. The lowest BCUT2D eigenvalue weighted by Crippen LogP contribution is -2.76. The number of rotatable bonds is 13. The van der Waals surface area contributed by atoms with Crippen molar-refractivity contribution >= 4 is 34.7 Å². The number of aliphatic hydroxyl groups is 1. The molecule has 6 heterocycles. The highest BCUT2D eigenvalue weighted by Crippen LogP contribution is 2.56. The summed E-state index contributed by atoms with van der Waals surface area (Å²) >= 11 is 6.37. The quantitative estimate of drug-likeness (QED) is 0.117. The standard InChI is InChI=1S/C58H76ClN9O5/c1-56(2)53(57(3,4)54(56)73-42-17-13-36(26-60)47(59)25-42)64-51(69)45-27-62-55(63-49(45)35-11-9-8-10-12-35)68-32-39-24-40(68)31-67(39)30-34-28-66(29-34)38-15-18-41(19-16-38)72-48-20-14-37(58(5,6)71)23-44(48)46-33-65(7)52(70)50-43(46)21-22-61-50/h13-20,23,25,33-35,39-40,43,45,49-50,53-55,61-63,71H,8-12,21-22,24,27-32H2,1-7H3,(H,64,69). The molecule has 390 valence electrons. The van der Waals surface area contributed by atoms with Gasteiger partial charge < -0.3 is 35.0 Å². The van der Waals surface area contributed by atoms with E-state index in [1.807, 2.05) is 31.4 Å². The largest absolute Gasteiger partial charge is 0.489 e. The van der Waals surface area contributed by atoms with Gasteiger partial charge in [0.1, 0.15) is 35.7 Å². The zero-order valence-electron chi connectivity index (χ0n) is 43.8. The summed E-state index contributed by atoms with van der Waals surface area (Å²) in [7, 11) is 1.81. The number of anilines is 1. The maximum Gasteiger partial charge on any atom is 0.244 e. The first-order valence-corrected chi connectivity index (χ1v) is 27.5. The molecular weight excluding hydrogens is 938 g/mol. The number of carbonyl (C=O) groups is 2. The van der Waals surface area contributed by atoms with E-state index >= 15 is 0 Å². The molecule has 2 bridgehead atoms. The summed E-state index contributed by atoms with van der Waals surface area (Å²) in [6.07, 6.45) is 9.94. The van der Waals surface area contributed by atoms with Gasteiger partial charge in [0, 0.05) is 117 Å². The number of nitrogens with zero attached hydrogens (tertiary/aromatic N) is 5. The molecule has 7 fully saturated rings. The van der Waals surface area contributed by atoms with E-state index in [0.717, 1.165) is 81.0 Å². The second kappa shape index (κ2) is 19.4. The summed E-state index contributed by atoms with van der Waals surface area (Å²) in [5.41, 5.74) is 2.69. The van der Waals surface area contributed by atoms with Crippen molar-refractivity contribution in [3.05, 3.63) is 88.6 Å². The van der Waals surface area contributed by atoms with Crippen LogP contribution in [0.2, 0.25) is 5.02 Å². The number of hydrogen-bond donors (Lipinski definition) is 5. The first-order valence-electron chi connectivity index (χ1n) is 27.1. The number of likely N-dealkylation sites (tertiary alicyclic amines) is 2. The van der Waals surface area contributed by atoms with Crippen LogP contribution in [0.4, 0.5) is 5.69 Å². The molecular formula is C58H76ClN9O5. The van der Waals surface area contributed by atoms with Gasteiger partial charge in [0.15, 0.2) is 0 Å². The van der Waals surface area contributed by atoms with Crippen molar-refractivity contribution in [1.82, 2.24) is 36.0 Å². The zero-order valence-corrected chi connectivity index (χ0v) is 44.6. The van der Waals surface area contributed by atoms with E-state index in [9.17, 15) is 20.0 Å². The van der Waals surface area contributed by atoms with Crippen LogP contribution in [0, 0.1) is 45.8 Å². The van der Waals surface area contributed by atoms with Gasteiger partial charge in [-0.3, -0.25) is 30.0 Å². The Balaban J connectivity index is 0.680. The molecule has 14 nitrogen and oxygen atoms in total. The Morgan fingerprint density at radius 1 is 0.932 bits per heavy atom. The number of likely N-dealkylation sites (N-methyl/N-ethyl adjacent to an activating group) is 1. The van der Waals surface area contributed by atoms with Crippen molar-refractivity contribution in [2.24, 2.45) is 34.5 Å². The Labute approximate surface area is 437 Å². The van der Waals surface area contributed by atoms with Gasteiger partial charge in [-0.2, -0.15) is 5.26 Å². The first kappa shape index (κ1) is 50.4. The van der Waals surface area contributed by atoms with E-state index in [2.05, 4.69) is 94.0 Å². The number of ether oxygens (including phenoxy) is 2. The summed E-state index contributed by atoms with van der Waals surface area (Å²) in [4.78, 5) is 37.1. The Morgan fingerprint density at radius 3 is 2.36 bits per heavy atom. The topological polar surface area (TPSA) is 158 Å². The molecule has 3 aromatic rings. The number of amides is 2. The van der Waals surface area contributed by atoms with E-state index in [1.54, 1.807) is 36.9 Å². The molecule has 7 unspecified atom stereocenters. The van der Waals surface area contributed by atoms with Gasteiger partial charge in [-0.15, -0.1) is 0 Å². The van der Waals surface area contributed by atoms with Gasteiger partial charge in [-0.05, 0) is 112 Å². The third kappa shape index (κ3) is 9.44. The van der Waals surface area contributed by atoms with E-state index in [-0.39, 0.29) is 65.0 Å². The van der Waals surface area contributed by atoms with Crippen LogP contribution in [0.3, 0.4) is 0 Å². The third-order valence-corrected chi connectivity index (χ3v) is 18.7. The van der Waals surface area contributed by atoms with Gasteiger partial charge in [-0.25, -0.2) is 0 Å². The second-order valence-electron chi connectivity index (χ2n) is 24.5. The minimum Gasteiger partial charge on any atom is -0.489 e. The predicted octanol–water partition coefficient (Wildman–Crippen LogP) is 7.26. The van der Waals surface area contributed by atoms with Gasteiger partial charge in [-0.1, -0.05) is 64.6 Å². The summed E-state index contributed by atoms with van der Waals surface area (Å²) in [5.74, 6) is 3.25. The number of halogens is 1. The molecule has 2 amide bonds. The maximum atomic E-state index is 14.6. The van der Waals surface area contributed by atoms with Crippen molar-refractivity contribution in [3.8, 4) is 23.3 Å². The van der Waals surface area contributed by atoms with Crippen molar-refractivity contribution in [2.45, 2.75) is 135 Å². The van der Waals surface area contributed by atoms with Crippen LogP contribution < -0.4 is 35.6 Å². The molecule has 15 heteroatoms. The van der Waals surface area contributed by atoms with E-state index in [1.165, 1.54) is 31.4 Å². The van der Waals surface area contributed by atoms with Crippen molar-refractivity contribution < 1.29 is 24.2 Å². The van der Waals surface area contributed by atoms with Gasteiger partial charge >= 0.3 is 0 Å². The number of piperazine rings is 1. The van der Waals surface area contributed by atoms with Crippen LogP contribution in [-0.2, 0) is 15.2 Å². The first-order chi connectivity index (χ1) is 34.9. The number of fused-ring (bicyclic) bond motifs is 3. The van der Waals surface area contributed by atoms with Crippen LogP contribution >= 0.6 is 11.6 Å². The monoisotopic (exact) mass is 1010 g/mol. The van der Waals surface area contributed by atoms with E-state index in [0.29, 0.717) is 52.5 Å². The highest BCUT2D eigenvalue weighted by Gasteiger charge is 2.64. The van der Waals surface area contributed by atoms with Gasteiger partial charge in [0.05, 0.1) is 28.1 Å². The average molecular weight is 1010 g/mol. The zero-order chi connectivity index (χ0) is 51.1. The molecule has 11 rings (SSSR count). The number of nitrogens with one attached hydrogen (secondary N) is 4. The molecule has 2 saturated carbocycles. The fraction of sp³-hybridized carbons (Fsp3) is 0.603. The van der Waals surface area contributed by atoms with E-state index < -0.39 is 5.60 Å². The lowest BCUT2D eigenvalue weighted by Gasteiger charge is -2.63. The minimum absolute atomic E-state index is 0.0416. The van der Waals surface area contributed by atoms with Crippen LogP contribution in [0.5, 0.6) is 17.2 Å². The van der Waals surface area contributed by atoms with Gasteiger partial charge in [0.2, 0.25) is 11.8 Å². The van der Waals surface area contributed by atoms with Crippen LogP contribution in [0.25, 0.3) is 5.57 Å². The minimum atomic E-state index is -1.03. The molecule has 0 spiro atoms. The molecule has 0 aromatic heterocycles. The predicted molar refractivity (Wildman–Crippen MR) is 284 cm³/mol. The summed E-state index contributed by atoms with van der Waals surface area (Å²) in [6.45, 7) is 19.0. The van der Waals surface area contributed by atoms with Crippen molar-refractivity contribution in [1.29, 1.82) is 5.26 Å². The lowest BCUT2D eigenvalue weighted by molar-refractivity contribution is -0.175. The van der Waals surface area contributed by atoms with Crippen LogP contribution in [0.1, 0.15) is 103 Å². The molecule has 73 heavy (non-hydrogen) atoms. The maximum absolute atomic E-state index is 14.6. The Kier molecular flexibility index (Phi) is 13.4. The molecule has 0 radical (unpaired) electrons. The second-order valence-corrected chi connectivity index (χ2v) is 24.9. The average Bonchev–Trinajstić information content (AvgIpc) is 4.13. The van der Waals surface area contributed by atoms with Crippen molar-refractivity contribution in [2.75, 3.05) is 57.8 Å². The lowest BCUT2D eigenvalue weighted by atomic mass is 9.49. The number of hydrogen-bond acceptors (Lipinski definition) is 12. The van der Waals surface area contributed by atoms with E-state index in [4.69, 9.17) is 21.1 Å². The highest BCUT2D eigenvalue weighted by molar-refractivity contribution is 6.31. The molecule has 3 aromatic carbocycles. The SMILES string of the molecule is CN1C=C(c2cc(C(C)(C)O)ccc2Oc2ccc(N3CC(CN4CC5CC4CN5C4NCC(C(=O)NC5C(C)(C)C(Oc6ccc(C#N)c(Cl)c6)C5(C)C)C(C5CCCCC5)N4)C3)cc2)C2CCNC2C1=O. The fourth-order valence-corrected chi connectivity index (χ4v) is 15.0. The van der Waals surface area contributed by atoms with Crippen LogP contribution in [0.15, 0.2) is 66.9 Å². The molecule has 5 N–H and O–H groups in total. The van der Waals surface area contributed by atoms with Crippen LogP contribution in [-0.4, -0.2) is 127 Å². The summed E-state index contributed by atoms with van der Waals surface area (Å²) in [6, 6.07) is 22.5. The third-order valence-electron chi connectivity index (χ3n) is 18.4. The smallest absolute Gasteiger partial charge is 0.244 e. The molecule has 6 aliphatic heterocycles. The number of carbonyl (C=O) groups excluding carboxylic acids is 2. The fourth-order valence-electron chi connectivity index (χ4n) is 14.8. The van der Waals surface area contributed by atoms with Crippen molar-refractivity contribution in [3.63, 3.8) is 0 Å². The molecule has 7 atom stereocenters. The molecule has 5 saturated heterocycles. The molecule has 8 aliphatic rings. The highest BCUT2D eigenvalue weighted by atomic mass is 35.5. The summed E-state index contributed by atoms with van der Waals surface area (Å²) < 4.78 is 13.2. The van der Waals surface area contributed by atoms with Gasteiger partial charge in [0.25, 0.3) is 0 Å².